The first kappa shape index (κ1) is 24.6. The van der Waals surface area contributed by atoms with Crippen LogP contribution in [0.15, 0.2) is 65.8 Å². The van der Waals surface area contributed by atoms with Crippen LogP contribution in [-0.2, 0) is 5.41 Å². The van der Waals surface area contributed by atoms with Crippen LogP contribution in [0.5, 0.6) is 0 Å². The molecule has 1 aromatic carbocycles. The number of thiocarbonyl (C=S) groups is 1. The predicted octanol–water partition coefficient (Wildman–Crippen LogP) is 6.43. The van der Waals surface area contributed by atoms with Crippen molar-refractivity contribution in [2.45, 2.75) is 36.8 Å². The molecule has 0 bridgehead atoms. The Balaban J connectivity index is 1.96. The molecule has 9 heteroatoms. The molecule has 0 aliphatic heterocycles. The fourth-order valence-corrected chi connectivity index (χ4v) is 4.68. The average Bonchev–Trinajstić information content (AvgIpc) is 3.15. The lowest BCUT2D eigenvalue weighted by Crippen LogP contribution is -2.40. The summed E-state index contributed by atoms with van der Waals surface area (Å²) < 4.78 is 27.3. The van der Waals surface area contributed by atoms with Gasteiger partial charge < -0.3 is 10.4 Å². The molecule has 3 nitrogen and oxygen atoms in total. The van der Waals surface area contributed by atoms with Crippen LogP contribution >= 0.6 is 46.9 Å². The van der Waals surface area contributed by atoms with E-state index in [1.807, 2.05) is 12.1 Å². The smallest absolute Gasteiger partial charge is 0.288 e. The molecule has 0 radical (unpaired) electrons. The van der Waals surface area contributed by atoms with Gasteiger partial charge in [0.25, 0.3) is 5.76 Å². The van der Waals surface area contributed by atoms with E-state index in [1.165, 1.54) is 11.3 Å². The first-order valence-electron chi connectivity index (χ1n) is 9.60. The maximum absolute atomic E-state index is 13.3. The second-order valence-corrected chi connectivity index (χ2v) is 11.1. The molecule has 0 aliphatic rings. The zero-order valence-corrected chi connectivity index (χ0v) is 20.8. The molecule has 0 amide bonds. The van der Waals surface area contributed by atoms with E-state index in [0.717, 1.165) is 5.56 Å². The minimum atomic E-state index is -2.49. The van der Waals surface area contributed by atoms with E-state index in [-0.39, 0.29) is 21.9 Å². The summed E-state index contributed by atoms with van der Waals surface area (Å²) in [6.07, 6.45) is 3.61. The molecule has 3 rings (SSSR count). The molecule has 0 atom stereocenters. The second kappa shape index (κ2) is 10.3. The van der Waals surface area contributed by atoms with Gasteiger partial charge in [0.15, 0.2) is 17.4 Å². The summed E-state index contributed by atoms with van der Waals surface area (Å²) in [7, 11) is 0. The summed E-state index contributed by atoms with van der Waals surface area (Å²) in [6, 6.07) is 13.7. The fourth-order valence-electron chi connectivity index (χ4n) is 2.88. The summed E-state index contributed by atoms with van der Waals surface area (Å²) in [5.74, 6) is -2.75. The van der Waals surface area contributed by atoms with Gasteiger partial charge in [-0.25, -0.2) is 0 Å². The molecular weight excluding hydrogens is 490 g/mol. The number of rotatable bonds is 6. The molecule has 0 saturated heterocycles. The second-order valence-electron chi connectivity index (χ2n) is 7.88. The van der Waals surface area contributed by atoms with Crippen LogP contribution < -0.4 is 15.0 Å². The lowest BCUT2D eigenvalue weighted by Gasteiger charge is -2.19. The van der Waals surface area contributed by atoms with Gasteiger partial charge in [0.05, 0.1) is 4.34 Å². The Morgan fingerprint density at radius 2 is 1.72 bits per heavy atom. The maximum atomic E-state index is 13.3. The number of aromatic nitrogens is 1. The van der Waals surface area contributed by atoms with Gasteiger partial charge in [-0.15, -0.1) is 11.3 Å². The van der Waals surface area contributed by atoms with Crippen LogP contribution in [0.25, 0.3) is 11.5 Å². The van der Waals surface area contributed by atoms with E-state index in [1.54, 1.807) is 53.4 Å². The first-order valence-corrected chi connectivity index (χ1v) is 12.1. The molecule has 0 saturated carbocycles. The van der Waals surface area contributed by atoms with E-state index in [0.29, 0.717) is 31.6 Å². The fraction of sp³-hybridized carbons (Fsp3) is 0.217. The van der Waals surface area contributed by atoms with Crippen molar-refractivity contribution in [1.29, 1.82) is 0 Å². The normalized spacial score (nSPS) is 12.6. The quantitative estimate of drug-likeness (QED) is 0.136. The van der Waals surface area contributed by atoms with Gasteiger partial charge in [0.1, 0.15) is 0 Å². The summed E-state index contributed by atoms with van der Waals surface area (Å²) in [4.78, 5) is 1.12. The number of nitrogens with zero attached hydrogens (tertiary/aromatic N) is 1. The summed E-state index contributed by atoms with van der Waals surface area (Å²) in [5, 5.41) is 16.4. The zero-order valence-electron chi connectivity index (χ0n) is 17.6. The Labute approximate surface area is 204 Å². The van der Waals surface area contributed by atoms with Crippen molar-refractivity contribution in [2.24, 2.45) is 0 Å². The van der Waals surface area contributed by atoms with Crippen LogP contribution in [0.4, 0.5) is 14.5 Å². The number of thioether (sulfide) groups is 1. The third kappa shape index (κ3) is 6.28. The third-order valence-corrected chi connectivity index (χ3v) is 6.77. The van der Waals surface area contributed by atoms with Crippen molar-refractivity contribution in [3.63, 3.8) is 0 Å². The van der Waals surface area contributed by atoms with E-state index in [2.05, 4.69) is 26.1 Å². The predicted molar refractivity (Wildman–Crippen MR) is 132 cm³/mol. The minimum absolute atomic E-state index is 0.0404. The molecule has 32 heavy (non-hydrogen) atoms. The minimum Gasteiger partial charge on any atom is -0.867 e. The van der Waals surface area contributed by atoms with E-state index in [4.69, 9.17) is 23.8 Å². The Hall–Kier alpha value is -2.00. The number of halogens is 3. The monoisotopic (exact) mass is 510 g/mol. The van der Waals surface area contributed by atoms with Crippen molar-refractivity contribution in [1.82, 2.24) is 0 Å². The first-order chi connectivity index (χ1) is 15.0. The lowest BCUT2D eigenvalue weighted by molar-refractivity contribution is -0.577. The van der Waals surface area contributed by atoms with Gasteiger partial charge in [0, 0.05) is 27.6 Å². The number of benzene rings is 1. The number of thiophene rings is 1. The summed E-state index contributed by atoms with van der Waals surface area (Å²) in [5.41, 5.74) is 1.94. The molecule has 0 spiro atoms. The molecule has 1 N–H and O–H groups in total. The largest absolute Gasteiger partial charge is 0.867 e. The molecule has 2 aromatic heterocycles. The molecular formula is C23H21ClF2N2OS3. The van der Waals surface area contributed by atoms with Gasteiger partial charge in [-0.05, 0) is 53.1 Å². The molecule has 0 unspecified atom stereocenters. The van der Waals surface area contributed by atoms with Crippen molar-refractivity contribution >= 4 is 69.0 Å². The maximum Gasteiger partial charge on any atom is 0.288 e. The van der Waals surface area contributed by atoms with Crippen LogP contribution in [0.3, 0.4) is 0 Å². The van der Waals surface area contributed by atoms with Gasteiger partial charge in [-0.1, -0.05) is 56.4 Å². The number of hydrogen-bond acceptors (Lipinski definition) is 4. The van der Waals surface area contributed by atoms with E-state index in [9.17, 15) is 13.9 Å². The SMILES string of the molecule is CC(C)(C)c1cc[n+](C(C(=S)Nc2ccc(SC(F)F)cc2)=C([O-])c2ccc(Cl)s2)cc1. The van der Waals surface area contributed by atoms with Gasteiger partial charge in [-0.3, -0.25) is 0 Å². The highest BCUT2D eigenvalue weighted by Gasteiger charge is 2.22. The number of alkyl halides is 2. The summed E-state index contributed by atoms with van der Waals surface area (Å²) >= 11 is 13.3. The van der Waals surface area contributed by atoms with Crippen molar-refractivity contribution < 1.29 is 18.5 Å². The lowest BCUT2D eigenvalue weighted by atomic mass is 9.88. The van der Waals surface area contributed by atoms with Gasteiger partial charge in [-0.2, -0.15) is 13.3 Å². The Kier molecular flexibility index (Phi) is 7.92. The Morgan fingerprint density at radius 3 is 2.22 bits per heavy atom. The number of nitrogens with one attached hydrogen (secondary N) is 1. The molecule has 0 fully saturated rings. The highest BCUT2D eigenvalue weighted by molar-refractivity contribution is 7.99. The van der Waals surface area contributed by atoms with Crippen LogP contribution in [-0.4, -0.2) is 10.7 Å². The zero-order chi connectivity index (χ0) is 23.5. The van der Waals surface area contributed by atoms with Crippen molar-refractivity contribution in [2.75, 3.05) is 5.32 Å². The van der Waals surface area contributed by atoms with Crippen molar-refractivity contribution in [3.05, 3.63) is 75.7 Å². The Morgan fingerprint density at radius 1 is 1.09 bits per heavy atom. The van der Waals surface area contributed by atoms with Gasteiger partial charge >= 0.3 is 0 Å². The van der Waals surface area contributed by atoms with Crippen LogP contribution in [0, 0.1) is 0 Å². The Bertz CT molecular complexity index is 1120. The molecule has 0 aliphatic carbocycles. The number of hydrogen-bond donors (Lipinski definition) is 1. The van der Waals surface area contributed by atoms with Crippen LogP contribution in [0.1, 0.15) is 31.2 Å². The van der Waals surface area contributed by atoms with Crippen molar-refractivity contribution in [3.8, 4) is 0 Å². The molecule has 3 aromatic rings. The number of anilines is 1. The highest BCUT2D eigenvalue weighted by Crippen LogP contribution is 2.29. The average molecular weight is 511 g/mol. The molecule has 168 valence electrons. The third-order valence-electron chi connectivity index (χ3n) is 4.52. The topological polar surface area (TPSA) is 39.0 Å². The van der Waals surface area contributed by atoms with E-state index < -0.39 is 5.76 Å². The standard InChI is InChI=1S/C23H21ClF2N2OS3/c1-23(2,3)14-10-12-28(13-11-14)19(20(29)17-8-9-18(24)32-17)21(30)27-15-4-6-16(7-5-15)31-22(25)26/h4-13,22H,1-3H3,(H-,27,29,30). The van der Waals surface area contributed by atoms with E-state index >= 15 is 0 Å². The highest BCUT2D eigenvalue weighted by atomic mass is 35.5. The summed E-state index contributed by atoms with van der Waals surface area (Å²) in [6.45, 7) is 6.33. The van der Waals surface area contributed by atoms with Crippen LogP contribution in [0.2, 0.25) is 4.34 Å². The number of pyridine rings is 1. The van der Waals surface area contributed by atoms with Gasteiger partial charge in [0.2, 0.25) is 5.70 Å². The molecule has 2 heterocycles.